The third kappa shape index (κ3) is 5.91. The quantitative estimate of drug-likeness (QED) is 0.413. The monoisotopic (exact) mass is 429 g/mol. The number of carbonyl (C=O) groups is 1. The van der Waals surface area contributed by atoms with Crippen LogP contribution in [0.1, 0.15) is 25.5 Å². The molecular formula is C20H24ClN7O2. The van der Waals surface area contributed by atoms with E-state index in [1.54, 1.807) is 12.4 Å². The van der Waals surface area contributed by atoms with Gasteiger partial charge in [0.1, 0.15) is 11.6 Å². The van der Waals surface area contributed by atoms with Gasteiger partial charge in [0.05, 0.1) is 30.7 Å². The second kappa shape index (κ2) is 10.0. The summed E-state index contributed by atoms with van der Waals surface area (Å²) >= 11 is 6.23. The summed E-state index contributed by atoms with van der Waals surface area (Å²) in [5.74, 6) is 0.573. The minimum Gasteiger partial charge on any atom is -0.394 e. The molecule has 0 bridgehead atoms. The summed E-state index contributed by atoms with van der Waals surface area (Å²) in [6.07, 6.45) is 4.73. The van der Waals surface area contributed by atoms with Crippen molar-refractivity contribution in [2.24, 2.45) is 0 Å². The molecule has 9 nitrogen and oxygen atoms in total. The normalized spacial score (nSPS) is 11.9. The van der Waals surface area contributed by atoms with Gasteiger partial charge in [-0.3, -0.25) is 9.48 Å². The first-order chi connectivity index (χ1) is 14.4. The van der Waals surface area contributed by atoms with Crippen molar-refractivity contribution in [2.75, 3.05) is 17.2 Å². The Morgan fingerprint density at radius 1 is 1.23 bits per heavy atom. The van der Waals surface area contributed by atoms with Gasteiger partial charge in [-0.1, -0.05) is 41.9 Å². The largest absolute Gasteiger partial charge is 0.394 e. The average molecular weight is 430 g/mol. The number of benzene rings is 1. The van der Waals surface area contributed by atoms with Gasteiger partial charge in [0.2, 0.25) is 11.9 Å². The van der Waals surface area contributed by atoms with Gasteiger partial charge in [0, 0.05) is 12.2 Å². The molecule has 2 heterocycles. The maximum Gasteiger partial charge on any atom is 0.241 e. The highest BCUT2D eigenvalue weighted by Crippen LogP contribution is 2.25. The Morgan fingerprint density at radius 2 is 2.00 bits per heavy atom. The summed E-state index contributed by atoms with van der Waals surface area (Å²) in [4.78, 5) is 20.4. The Morgan fingerprint density at radius 3 is 2.70 bits per heavy atom. The van der Waals surface area contributed by atoms with E-state index >= 15 is 0 Å². The molecule has 3 aromatic rings. The molecule has 0 aliphatic carbocycles. The van der Waals surface area contributed by atoms with Crippen LogP contribution in [0.3, 0.4) is 0 Å². The molecule has 0 fully saturated rings. The lowest BCUT2D eigenvalue weighted by Gasteiger charge is -2.18. The van der Waals surface area contributed by atoms with Gasteiger partial charge in [-0.15, -0.1) is 0 Å². The Hall–Kier alpha value is -3.17. The zero-order chi connectivity index (χ0) is 21.5. The van der Waals surface area contributed by atoms with Crippen molar-refractivity contribution in [3.8, 4) is 0 Å². The summed E-state index contributed by atoms with van der Waals surface area (Å²) in [5.41, 5.74) is 1.53. The van der Waals surface area contributed by atoms with Crippen molar-refractivity contribution in [3.05, 3.63) is 59.5 Å². The number of anilines is 3. The first-order valence-corrected chi connectivity index (χ1v) is 9.86. The summed E-state index contributed by atoms with van der Waals surface area (Å²) in [6.45, 7) is 3.79. The first kappa shape index (κ1) is 21.5. The van der Waals surface area contributed by atoms with Crippen LogP contribution in [0.15, 0.2) is 48.9 Å². The number of aliphatic hydroxyl groups is 1. The van der Waals surface area contributed by atoms with Crippen molar-refractivity contribution in [3.63, 3.8) is 0 Å². The van der Waals surface area contributed by atoms with Crippen LogP contribution in [0.5, 0.6) is 0 Å². The lowest BCUT2D eigenvalue weighted by molar-refractivity contribution is -0.122. The van der Waals surface area contributed by atoms with E-state index in [2.05, 4.69) is 31.0 Å². The maximum atomic E-state index is 11.9. The molecule has 0 spiro atoms. The highest BCUT2D eigenvalue weighted by molar-refractivity contribution is 6.32. The van der Waals surface area contributed by atoms with Crippen molar-refractivity contribution in [2.45, 2.75) is 32.5 Å². The molecule has 2 aromatic heterocycles. The average Bonchev–Trinajstić information content (AvgIpc) is 3.14. The third-order valence-electron chi connectivity index (χ3n) is 4.08. The third-order valence-corrected chi connectivity index (χ3v) is 4.36. The minimum absolute atomic E-state index is 0.0673. The van der Waals surface area contributed by atoms with Crippen LogP contribution in [0.4, 0.5) is 17.5 Å². The molecular weight excluding hydrogens is 406 g/mol. The van der Waals surface area contributed by atoms with Crippen molar-refractivity contribution in [1.29, 1.82) is 0 Å². The second-order valence-corrected chi connectivity index (χ2v) is 7.36. The molecule has 10 heteroatoms. The maximum absolute atomic E-state index is 11.9. The van der Waals surface area contributed by atoms with E-state index in [-0.39, 0.29) is 31.1 Å². The van der Waals surface area contributed by atoms with E-state index in [1.165, 1.54) is 10.9 Å². The zero-order valence-electron chi connectivity index (χ0n) is 16.7. The first-order valence-electron chi connectivity index (χ1n) is 9.48. The van der Waals surface area contributed by atoms with E-state index < -0.39 is 0 Å². The van der Waals surface area contributed by atoms with Crippen LogP contribution in [-0.2, 0) is 11.3 Å². The number of carbonyl (C=O) groups excluding carboxylic acids is 1. The van der Waals surface area contributed by atoms with Gasteiger partial charge in [-0.05, 0) is 19.4 Å². The topological polar surface area (TPSA) is 117 Å². The SMILES string of the molecule is CC(C)NC(=O)Cn1cc(Nc2ncc(Cl)c(N[C@H](CO)c3ccccc3)n2)cn1. The lowest BCUT2D eigenvalue weighted by Crippen LogP contribution is -2.33. The highest BCUT2D eigenvalue weighted by atomic mass is 35.5. The van der Waals surface area contributed by atoms with E-state index in [1.807, 2.05) is 44.2 Å². The van der Waals surface area contributed by atoms with Gasteiger partial charge in [-0.2, -0.15) is 10.1 Å². The van der Waals surface area contributed by atoms with E-state index in [0.717, 1.165) is 5.56 Å². The highest BCUT2D eigenvalue weighted by Gasteiger charge is 2.14. The fourth-order valence-electron chi connectivity index (χ4n) is 2.77. The number of nitrogens with one attached hydrogen (secondary N) is 3. The minimum atomic E-state index is -0.367. The van der Waals surface area contributed by atoms with Crippen LogP contribution in [0.25, 0.3) is 0 Å². The number of aromatic nitrogens is 4. The van der Waals surface area contributed by atoms with E-state index in [0.29, 0.717) is 22.5 Å². The van der Waals surface area contributed by atoms with Crippen LogP contribution >= 0.6 is 11.6 Å². The standard InChI is InChI=1S/C20H24ClN7O2/c1-13(2)24-18(30)11-28-10-15(8-23-28)25-20-22-9-16(21)19(27-20)26-17(12-29)14-6-4-3-5-7-14/h3-10,13,17,29H,11-12H2,1-2H3,(H,24,30)(H2,22,25,26,27)/t17-/m1/s1. The summed E-state index contributed by atoms with van der Waals surface area (Å²) < 4.78 is 1.52. The van der Waals surface area contributed by atoms with Gasteiger partial charge >= 0.3 is 0 Å². The fraction of sp³-hybridized carbons (Fsp3) is 0.300. The van der Waals surface area contributed by atoms with Crippen LogP contribution in [0, 0.1) is 0 Å². The number of nitrogens with zero attached hydrogens (tertiary/aromatic N) is 4. The zero-order valence-corrected chi connectivity index (χ0v) is 17.5. The Kier molecular flexibility index (Phi) is 7.21. The number of hydrogen-bond acceptors (Lipinski definition) is 7. The van der Waals surface area contributed by atoms with E-state index in [9.17, 15) is 9.90 Å². The van der Waals surface area contributed by atoms with Gasteiger partial charge in [0.25, 0.3) is 0 Å². The molecule has 0 unspecified atom stereocenters. The Bertz CT molecular complexity index is 978. The molecule has 30 heavy (non-hydrogen) atoms. The van der Waals surface area contributed by atoms with Gasteiger partial charge < -0.3 is 21.1 Å². The van der Waals surface area contributed by atoms with Crippen molar-refractivity contribution in [1.82, 2.24) is 25.1 Å². The number of amides is 1. The van der Waals surface area contributed by atoms with Crippen LogP contribution in [0.2, 0.25) is 5.02 Å². The number of aliphatic hydroxyl groups excluding tert-OH is 1. The number of halogens is 1. The summed E-state index contributed by atoms with van der Waals surface area (Å²) in [5, 5.41) is 23.2. The molecule has 0 aliphatic rings. The molecule has 1 aromatic carbocycles. The van der Waals surface area contributed by atoms with Crippen LogP contribution < -0.4 is 16.0 Å². The molecule has 0 radical (unpaired) electrons. The number of rotatable bonds is 9. The number of hydrogen-bond donors (Lipinski definition) is 4. The molecule has 0 aliphatic heterocycles. The molecule has 158 valence electrons. The molecule has 0 saturated heterocycles. The Labute approximate surface area is 179 Å². The van der Waals surface area contributed by atoms with E-state index in [4.69, 9.17) is 11.6 Å². The van der Waals surface area contributed by atoms with Crippen LogP contribution in [-0.4, -0.2) is 43.4 Å². The predicted molar refractivity (Wildman–Crippen MR) is 116 cm³/mol. The Balaban J connectivity index is 1.69. The smallest absolute Gasteiger partial charge is 0.241 e. The molecule has 1 amide bonds. The lowest BCUT2D eigenvalue weighted by atomic mass is 10.1. The predicted octanol–water partition coefficient (Wildman–Crippen LogP) is 2.74. The molecule has 1 atom stereocenters. The molecule has 3 rings (SSSR count). The molecule has 0 saturated carbocycles. The van der Waals surface area contributed by atoms with Gasteiger partial charge in [0.15, 0.2) is 5.82 Å². The molecule has 4 N–H and O–H groups in total. The summed E-state index contributed by atoms with van der Waals surface area (Å²) in [6, 6.07) is 9.22. The fourth-order valence-corrected chi connectivity index (χ4v) is 2.92. The van der Waals surface area contributed by atoms with Gasteiger partial charge in [-0.25, -0.2) is 4.98 Å². The van der Waals surface area contributed by atoms with Crippen molar-refractivity contribution >= 4 is 35.0 Å². The summed E-state index contributed by atoms with van der Waals surface area (Å²) in [7, 11) is 0. The van der Waals surface area contributed by atoms with Crippen molar-refractivity contribution < 1.29 is 9.90 Å². The second-order valence-electron chi connectivity index (χ2n) is 6.95.